The van der Waals surface area contributed by atoms with Gasteiger partial charge in [0.05, 0.1) is 6.07 Å². The maximum Gasteiger partial charge on any atom is 0.648 e. The summed E-state index contributed by atoms with van der Waals surface area (Å²) < 4.78 is 10.3. The summed E-state index contributed by atoms with van der Waals surface area (Å²) in [5.74, 6) is 0. The van der Waals surface area contributed by atoms with Crippen molar-refractivity contribution in [1.82, 2.24) is 0 Å². The van der Waals surface area contributed by atoms with Crippen LogP contribution in [0.2, 0.25) is 0 Å². The lowest BCUT2D eigenvalue weighted by atomic mass is 9.67. The van der Waals surface area contributed by atoms with Crippen LogP contribution in [0.15, 0.2) is 152 Å². The maximum absolute atomic E-state index is 10.7. The Bertz CT molecular complexity index is 1410. The van der Waals surface area contributed by atoms with Crippen LogP contribution in [-0.4, -0.2) is 19.0 Å². The first-order valence-corrected chi connectivity index (χ1v) is 14.8. The average Bonchev–Trinajstić information content (AvgIpc) is 3.08. The van der Waals surface area contributed by atoms with E-state index < -0.39 is 17.5 Å². The molecule has 4 nitrogen and oxygen atoms in total. The SMILES string of the molecule is N#CC(SOB(O)OCCCC(c1ccccc1)(c1ccccc1)c1ccccc1)(c1ccccc1)c1ccccc1. The van der Waals surface area contributed by atoms with Crippen LogP contribution < -0.4 is 0 Å². The number of nitrogens with zero attached hydrogens (tertiary/aromatic N) is 1. The van der Waals surface area contributed by atoms with Crippen LogP contribution in [0.5, 0.6) is 0 Å². The van der Waals surface area contributed by atoms with Gasteiger partial charge in [0.1, 0.15) is 0 Å². The van der Waals surface area contributed by atoms with Crippen LogP contribution in [-0.2, 0) is 18.9 Å². The third-order valence-electron chi connectivity index (χ3n) is 7.53. The average molecular weight is 570 g/mol. The Hall–Kier alpha value is -4.12. The molecule has 5 aromatic carbocycles. The van der Waals surface area contributed by atoms with Crippen molar-refractivity contribution in [2.75, 3.05) is 6.61 Å². The van der Waals surface area contributed by atoms with Gasteiger partial charge in [0, 0.05) is 24.1 Å². The lowest BCUT2D eigenvalue weighted by Crippen LogP contribution is -2.31. The minimum Gasteiger partial charge on any atom is -0.401 e. The monoisotopic (exact) mass is 569 g/mol. The molecule has 0 aliphatic rings. The van der Waals surface area contributed by atoms with Crippen molar-refractivity contribution in [3.8, 4) is 6.07 Å². The fourth-order valence-corrected chi connectivity index (χ4v) is 6.30. The summed E-state index contributed by atoms with van der Waals surface area (Å²) >= 11 is 0.901. The fourth-order valence-electron chi connectivity index (χ4n) is 5.52. The van der Waals surface area contributed by atoms with Gasteiger partial charge in [-0.2, -0.15) is 5.26 Å². The maximum atomic E-state index is 10.7. The molecule has 0 fully saturated rings. The molecular formula is C36H32BNO3S. The van der Waals surface area contributed by atoms with E-state index >= 15 is 0 Å². The number of nitriles is 1. The van der Waals surface area contributed by atoms with E-state index in [2.05, 4.69) is 78.9 Å². The summed E-state index contributed by atoms with van der Waals surface area (Å²) in [6.45, 7) is 0.270. The second kappa shape index (κ2) is 14.2. The predicted molar refractivity (Wildman–Crippen MR) is 170 cm³/mol. The number of hydrogen-bond donors (Lipinski definition) is 1. The van der Waals surface area contributed by atoms with Gasteiger partial charge in [-0.1, -0.05) is 152 Å². The first-order valence-electron chi connectivity index (χ1n) is 14.0. The largest absolute Gasteiger partial charge is 0.648 e. The van der Waals surface area contributed by atoms with Gasteiger partial charge in [-0.05, 0) is 40.7 Å². The highest BCUT2D eigenvalue weighted by Gasteiger charge is 2.39. The van der Waals surface area contributed by atoms with E-state index in [4.69, 9.17) is 8.75 Å². The molecule has 42 heavy (non-hydrogen) atoms. The van der Waals surface area contributed by atoms with Crippen LogP contribution in [0.25, 0.3) is 0 Å². The Morgan fingerprint density at radius 3 is 1.31 bits per heavy atom. The molecule has 0 atom stereocenters. The van der Waals surface area contributed by atoms with Gasteiger partial charge in [-0.3, -0.25) is 0 Å². The number of rotatable bonds is 13. The summed E-state index contributed by atoms with van der Waals surface area (Å²) in [6.07, 6.45) is 1.41. The zero-order valence-electron chi connectivity index (χ0n) is 23.3. The first-order chi connectivity index (χ1) is 20.7. The molecule has 5 rings (SSSR count). The van der Waals surface area contributed by atoms with Gasteiger partial charge >= 0.3 is 7.32 Å². The van der Waals surface area contributed by atoms with Crippen molar-refractivity contribution in [3.05, 3.63) is 179 Å². The molecule has 0 unspecified atom stereocenters. The van der Waals surface area contributed by atoms with Crippen LogP contribution >= 0.6 is 12.0 Å². The van der Waals surface area contributed by atoms with Crippen LogP contribution in [0.4, 0.5) is 0 Å². The smallest absolute Gasteiger partial charge is 0.401 e. The minimum atomic E-state index is -1.50. The molecular weight excluding hydrogens is 537 g/mol. The number of hydrogen-bond acceptors (Lipinski definition) is 5. The molecule has 0 aliphatic carbocycles. The van der Waals surface area contributed by atoms with Crippen molar-refractivity contribution >= 4 is 19.4 Å². The molecule has 0 bridgehead atoms. The summed E-state index contributed by atoms with van der Waals surface area (Å²) in [7, 11) is -1.50. The van der Waals surface area contributed by atoms with E-state index in [0.29, 0.717) is 6.42 Å². The van der Waals surface area contributed by atoms with E-state index in [-0.39, 0.29) is 6.61 Å². The van der Waals surface area contributed by atoms with Gasteiger partial charge in [-0.15, -0.1) is 0 Å². The third-order valence-corrected chi connectivity index (χ3v) is 8.60. The molecule has 0 radical (unpaired) electrons. The normalized spacial score (nSPS) is 11.5. The summed E-state index contributed by atoms with van der Waals surface area (Å²) in [4.78, 5) is 0. The molecule has 0 spiro atoms. The second-order valence-electron chi connectivity index (χ2n) is 9.99. The van der Waals surface area contributed by atoms with Crippen LogP contribution in [0.1, 0.15) is 40.7 Å². The molecule has 0 saturated carbocycles. The molecule has 5 aromatic rings. The molecule has 208 valence electrons. The van der Waals surface area contributed by atoms with Crippen LogP contribution in [0, 0.1) is 11.3 Å². The van der Waals surface area contributed by atoms with Crippen LogP contribution in [0.3, 0.4) is 0 Å². The highest BCUT2D eigenvalue weighted by Crippen LogP contribution is 2.44. The quantitative estimate of drug-likeness (QED) is 0.0676. The van der Waals surface area contributed by atoms with E-state index in [1.54, 1.807) is 0 Å². The predicted octanol–water partition coefficient (Wildman–Crippen LogP) is 7.93. The molecule has 1 N–H and O–H groups in total. The van der Waals surface area contributed by atoms with Crippen molar-refractivity contribution in [3.63, 3.8) is 0 Å². The van der Waals surface area contributed by atoms with Gasteiger partial charge < -0.3 is 13.8 Å². The van der Waals surface area contributed by atoms with Crippen molar-refractivity contribution in [2.45, 2.75) is 23.0 Å². The molecule has 0 aliphatic heterocycles. The van der Waals surface area contributed by atoms with Crippen molar-refractivity contribution in [2.24, 2.45) is 0 Å². The molecule has 0 aromatic heterocycles. The lowest BCUT2D eigenvalue weighted by molar-refractivity contribution is 0.195. The Morgan fingerprint density at radius 1 is 0.595 bits per heavy atom. The third kappa shape index (κ3) is 6.36. The lowest BCUT2D eigenvalue weighted by Gasteiger charge is -2.36. The highest BCUT2D eigenvalue weighted by atomic mass is 32.2. The Labute approximate surface area is 253 Å². The molecule has 0 saturated heterocycles. The first kappa shape index (κ1) is 29.4. The van der Waals surface area contributed by atoms with Crippen molar-refractivity contribution < 1.29 is 13.8 Å². The van der Waals surface area contributed by atoms with Gasteiger partial charge in [0.15, 0.2) is 4.75 Å². The fraction of sp³-hybridized carbons (Fsp3) is 0.139. The molecule has 0 heterocycles. The van der Waals surface area contributed by atoms with Gasteiger partial charge in [0.25, 0.3) is 0 Å². The van der Waals surface area contributed by atoms with Crippen molar-refractivity contribution in [1.29, 1.82) is 5.26 Å². The molecule has 6 heteroatoms. The van der Waals surface area contributed by atoms with E-state index in [1.807, 2.05) is 78.9 Å². The Morgan fingerprint density at radius 2 is 0.952 bits per heavy atom. The summed E-state index contributed by atoms with van der Waals surface area (Å²) in [5, 5.41) is 21.1. The highest BCUT2D eigenvalue weighted by molar-refractivity contribution is 7.96. The Balaban J connectivity index is 1.31. The number of benzene rings is 5. The van der Waals surface area contributed by atoms with Gasteiger partial charge in [0.2, 0.25) is 0 Å². The summed E-state index contributed by atoms with van der Waals surface area (Å²) in [5.41, 5.74) is 4.70. The standard InChI is InChI=1S/C36H32BNO3S/c38-29-36(33-23-12-4-13-24-33,34-25-14-5-15-26-34)42-41-37(39)40-28-16-27-35(30-17-6-1-7-18-30,31-19-8-2-9-20-31)32-21-10-3-11-22-32/h1-15,17-26,39H,16,27-28H2. The van der Waals surface area contributed by atoms with E-state index in [9.17, 15) is 10.3 Å². The topological polar surface area (TPSA) is 62.5 Å². The molecule has 0 amide bonds. The van der Waals surface area contributed by atoms with E-state index in [1.165, 1.54) is 16.7 Å². The summed E-state index contributed by atoms with van der Waals surface area (Å²) in [6, 6.07) is 52.9. The zero-order chi connectivity index (χ0) is 29.1. The Kier molecular flexibility index (Phi) is 9.92. The van der Waals surface area contributed by atoms with E-state index in [0.717, 1.165) is 29.6 Å². The zero-order valence-corrected chi connectivity index (χ0v) is 24.1. The minimum absolute atomic E-state index is 0.270. The second-order valence-corrected chi connectivity index (χ2v) is 11.0. The van der Waals surface area contributed by atoms with Gasteiger partial charge in [-0.25, -0.2) is 0 Å².